The van der Waals surface area contributed by atoms with Gasteiger partial charge in [0.15, 0.2) is 11.5 Å². The largest absolute Gasteiger partial charge is 0.486 e. The maximum Gasteiger partial charge on any atom is 0.241 e. The van der Waals surface area contributed by atoms with Crippen LogP contribution in [0.3, 0.4) is 0 Å². The average Bonchev–Trinajstić information content (AvgIpc) is 2.67. The SMILES string of the molecule is CC(C)c1ccc(NC(=O)[C@H](C)N(C)C[C@@H]2COc3ccccc3O2)cc1. The van der Waals surface area contributed by atoms with Crippen molar-refractivity contribution in [3.8, 4) is 11.5 Å². The molecule has 27 heavy (non-hydrogen) atoms. The lowest BCUT2D eigenvalue weighted by atomic mass is 10.0. The molecule has 1 aliphatic rings. The Morgan fingerprint density at radius 2 is 1.78 bits per heavy atom. The van der Waals surface area contributed by atoms with Crippen molar-refractivity contribution in [2.45, 2.75) is 38.8 Å². The zero-order valence-corrected chi connectivity index (χ0v) is 16.4. The molecule has 5 heteroatoms. The van der Waals surface area contributed by atoms with Crippen LogP contribution in [0.2, 0.25) is 0 Å². The third-order valence-corrected chi connectivity index (χ3v) is 4.94. The number of hydrogen-bond donors (Lipinski definition) is 1. The summed E-state index contributed by atoms with van der Waals surface area (Å²) in [5.74, 6) is 1.96. The Bertz CT molecular complexity index is 773. The van der Waals surface area contributed by atoms with Crippen molar-refractivity contribution in [1.29, 1.82) is 0 Å². The lowest BCUT2D eigenvalue weighted by Crippen LogP contribution is -2.46. The van der Waals surface area contributed by atoms with Crippen molar-refractivity contribution >= 4 is 11.6 Å². The van der Waals surface area contributed by atoms with Crippen molar-refractivity contribution in [3.05, 3.63) is 54.1 Å². The molecule has 0 spiro atoms. The van der Waals surface area contributed by atoms with E-state index in [2.05, 4.69) is 31.3 Å². The highest BCUT2D eigenvalue weighted by molar-refractivity contribution is 5.94. The Morgan fingerprint density at radius 1 is 1.11 bits per heavy atom. The average molecular weight is 368 g/mol. The summed E-state index contributed by atoms with van der Waals surface area (Å²) in [5, 5.41) is 2.99. The van der Waals surface area contributed by atoms with Crippen molar-refractivity contribution in [3.63, 3.8) is 0 Å². The summed E-state index contributed by atoms with van der Waals surface area (Å²) in [4.78, 5) is 14.6. The molecule has 0 radical (unpaired) electrons. The molecule has 0 bridgehead atoms. The zero-order valence-electron chi connectivity index (χ0n) is 16.4. The van der Waals surface area contributed by atoms with E-state index in [1.807, 2.05) is 55.3 Å². The number of amides is 1. The zero-order chi connectivity index (χ0) is 19.4. The fourth-order valence-electron chi connectivity index (χ4n) is 3.03. The van der Waals surface area contributed by atoms with E-state index in [0.29, 0.717) is 19.1 Å². The number of ether oxygens (including phenoxy) is 2. The molecule has 3 rings (SSSR count). The topological polar surface area (TPSA) is 50.8 Å². The van der Waals surface area contributed by atoms with E-state index < -0.39 is 0 Å². The fraction of sp³-hybridized carbons (Fsp3) is 0.409. The van der Waals surface area contributed by atoms with Gasteiger partial charge in [0.1, 0.15) is 12.7 Å². The van der Waals surface area contributed by atoms with Crippen molar-refractivity contribution < 1.29 is 14.3 Å². The Balaban J connectivity index is 1.53. The number of nitrogens with zero attached hydrogens (tertiary/aromatic N) is 1. The van der Waals surface area contributed by atoms with Crippen LogP contribution < -0.4 is 14.8 Å². The van der Waals surface area contributed by atoms with Gasteiger partial charge in [-0.2, -0.15) is 0 Å². The summed E-state index contributed by atoms with van der Waals surface area (Å²) in [5.41, 5.74) is 2.07. The summed E-state index contributed by atoms with van der Waals surface area (Å²) >= 11 is 0. The molecule has 0 aromatic heterocycles. The molecule has 1 aliphatic heterocycles. The molecule has 2 aromatic carbocycles. The number of carbonyl (C=O) groups is 1. The first-order valence-corrected chi connectivity index (χ1v) is 9.43. The molecule has 1 N–H and O–H groups in total. The lowest BCUT2D eigenvalue weighted by Gasteiger charge is -2.31. The second kappa shape index (κ2) is 8.44. The van der Waals surface area contributed by atoms with Crippen molar-refractivity contribution in [1.82, 2.24) is 4.90 Å². The van der Waals surface area contributed by atoms with Crippen molar-refractivity contribution in [2.75, 3.05) is 25.5 Å². The maximum absolute atomic E-state index is 12.6. The second-order valence-electron chi connectivity index (χ2n) is 7.38. The Morgan fingerprint density at radius 3 is 2.44 bits per heavy atom. The second-order valence-corrected chi connectivity index (χ2v) is 7.38. The normalized spacial score (nSPS) is 17.0. The smallest absolute Gasteiger partial charge is 0.241 e. The minimum Gasteiger partial charge on any atom is -0.486 e. The van der Waals surface area contributed by atoms with E-state index in [-0.39, 0.29) is 18.1 Å². The third-order valence-electron chi connectivity index (χ3n) is 4.94. The van der Waals surface area contributed by atoms with E-state index in [1.54, 1.807) is 0 Å². The predicted molar refractivity (Wildman–Crippen MR) is 108 cm³/mol. The van der Waals surface area contributed by atoms with E-state index in [0.717, 1.165) is 17.2 Å². The van der Waals surface area contributed by atoms with E-state index in [9.17, 15) is 4.79 Å². The van der Waals surface area contributed by atoms with Gasteiger partial charge in [0.05, 0.1) is 6.04 Å². The van der Waals surface area contributed by atoms with Gasteiger partial charge in [0.2, 0.25) is 5.91 Å². The van der Waals surface area contributed by atoms with Gasteiger partial charge in [-0.05, 0) is 49.7 Å². The van der Waals surface area contributed by atoms with Crippen LogP contribution in [0.25, 0.3) is 0 Å². The number of hydrogen-bond acceptors (Lipinski definition) is 4. The van der Waals surface area contributed by atoms with Crippen LogP contribution in [-0.2, 0) is 4.79 Å². The molecular weight excluding hydrogens is 340 g/mol. The van der Waals surface area contributed by atoms with Crippen LogP contribution in [0.5, 0.6) is 11.5 Å². The molecule has 2 atom stereocenters. The summed E-state index contributed by atoms with van der Waals surface area (Å²) in [6.07, 6.45) is -0.106. The molecule has 2 aromatic rings. The predicted octanol–water partition coefficient (Wildman–Crippen LogP) is 3.91. The Kier molecular flexibility index (Phi) is 6.01. The van der Waals surface area contributed by atoms with E-state index in [4.69, 9.17) is 9.47 Å². The quantitative estimate of drug-likeness (QED) is 0.840. The summed E-state index contributed by atoms with van der Waals surface area (Å²) in [6.45, 7) is 7.29. The van der Waals surface area contributed by atoms with Crippen LogP contribution in [0, 0.1) is 0 Å². The van der Waals surface area contributed by atoms with E-state index in [1.165, 1.54) is 5.56 Å². The van der Waals surface area contributed by atoms with Gasteiger partial charge in [0, 0.05) is 12.2 Å². The molecule has 5 nitrogen and oxygen atoms in total. The summed E-state index contributed by atoms with van der Waals surface area (Å²) in [7, 11) is 1.93. The van der Waals surface area contributed by atoms with Gasteiger partial charge in [-0.1, -0.05) is 38.1 Å². The molecule has 1 heterocycles. The van der Waals surface area contributed by atoms with Crippen LogP contribution in [0.1, 0.15) is 32.3 Å². The van der Waals surface area contributed by atoms with Crippen LogP contribution in [0.15, 0.2) is 48.5 Å². The van der Waals surface area contributed by atoms with Gasteiger partial charge in [-0.15, -0.1) is 0 Å². The lowest BCUT2D eigenvalue weighted by molar-refractivity contribution is -0.120. The number of anilines is 1. The van der Waals surface area contributed by atoms with Gasteiger partial charge in [0.25, 0.3) is 0 Å². The first-order chi connectivity index (χ1) is 12.9. The standard InChI is InChI=1S/C22H28N2O3/c1-15(2)17-9-11-18(12-10-17)23-22(25)16(3)24(4)13-19-14-26-20-7-5-6-8-21(20)27-19/h5-12,15-16,19H,13-14H2,1-4H3,(H,23,25)/t16-,19+/m0/s1. The first kappa shape index (κ1) is 19.2. The monoisotopic (exact) mass is 368 g/mol. The minimum absolute atomic E-state index is 0.0353. The van der Waals surface area contributed by atoms with Crippen molar-refractivity contribution in [2.24, 2.45) is 0 Å². The summed E-state index contributed by atoms with van der Waals surface area (Å²) in [6, 6.07) is 15.4. The highest BCUT2D eigenvalue weighted by atomic mass is 16.6. The fourth-order valence-corrected chi connectivity index (χ4v) is 3.03. The number of benzene rings is 2. The number of rotatable bonds is 6. The first-order valence-electron chi connectivity index (χ1n) is 9.43. The van der Waals surface area contributed by atoms with Crippen LogP contribution >= 0.6 is 0 Å². The summed E-state index contributed by atoms with van der Waals surface area (Å²) < 4.78 is 11.7. The highest BCUT2D eigenvalue weighted by Gasteiger charge is 2.26. The van der Waals surface area contributed by atoms with Gasteiger partial charge in [-0.25, -0.2) is 0 Å². The molecule has 0 fully saturated rings. The molecule has 0 saturated carbocycles. The van der Waals surface area contributed by atoms with Crippen LogP contribution in [-0.4, -0.2) is 43.2 Å². The number of likely N-dealkylation sites (N-methyl/N-ethyl adjacent to an activating group) is 1. The molecule has 0 unspecified atom stereocenters. The third kappa shape index (κ3) is 4.80. The number of carbonyl (C=O) groups excluding carboxylic acids is 1. The van der Waals surface area contributed by atoms with Gasteiger partial charge in [-0.3, -0.25) is 9.69 Å². The number of nitrogens with one attached hydrogen (secondary N) is 1. The molecule has 0 saturated heterocycles. The van der Waals surface area contributed by atoms with Gasteiger partial charge < -0.3 is 14.8 Å². The number of fused-ring (bicyclic) bond motifs is 1. The van der Waals surface area contributed by atoms with Gasteiger partial charge >= 0.3 is 0 Å². The Hall–Kier alpha value is -2.53. The van der Waals surface area contributed by atoms with E-state index >= 15 is 0 Å². The molecule has 1 amide bonds. The van der Waals surface area contributed by atoms with Crippen LogP contribution in [0.4, 0.5) is 5.69 Å². The minimum atomic E-state index is -0.282. The Labute approximate surface area is 161 Å². The highest BCUT2D eigenvalue weighted by Crippen LogP contribution is 2.31. The maximum atomic E-state index is 12.6. The molecule has 144 valence electrons. The molecule has 0 aliphatic carbocycles. The molecular formula is C22H28N2O3. The number of para-hydroxylation sites is 2.